The van der Waals surface area contributed by atoms with Crippen LogP contribution in [0.1, 0.15) is 37.2 Å². The van der Waals surface area contributed by atoms with Gasteiger partial charge in [0.2, 0.25) is 0 Å². The number of hydrogen-bond acceptors (Lipinski definition) is 3. The normalized spacial score (nSPS) is 12.7. The van der Waals surface area contributed by atoms with E-state index in [1.165, 1.54) is 0 Å². The minimum atomic E-state index is -0.235. The number of para-hydroxylation sites is 1. The number of nitrogens with one attached hydrogen (secondary N) is 1. The summed E-state index contributed by atoms with van der Waals surface area (Å²) in [5.74, 6) is 0. The summed E-state index contributed by atoms with van der Waals surface area (Å²) in [4.78, 5) is 15.3. The van der Waals surface area contributed by atoms with E-state index in [1.807, 2.05) is 48.0 Å². The van der Waals surface area contributed by atoms with Crippen LogP contribution in [0, 0.1) is 6.92 Å². The number of pyridine rings is 1. The number of rotatable bonds is 4. The molecule has 3 aromatic rings. The van der Waals surface area contributed by atoms with Crippen LogP contribution in [0.25, 0.3) is 16.6 Å². The van der Waals surface area contributed by atoms with Crippen molar-refractivity contribution in [3.05, 3.63) is 58.1 Å². The molecule has 0 fully saturated rings. The van der Waals surface area contributed by atoms with Crippen molar-refractivity contribution in [2.45, 2.75) is 32.7 Å². The second kappa shape index (κ2) is 5.77. The molecule has 22 heavy (non-hydrogen) atoms. The van der Waals surface area contributed by atoms with Crippen LogP contribution in [-0.2, 0) is 0 Å². The first kappa shape index (κ1) is 14.5. The summed E-state index contributed by atoms with van der Waals surface area (Å²) < 4.78 is 1.81. The van der Waals surface area contributed by atoms with Crippen LogP contribution in [0.3, 0.4) is 0 Å². The fourth-order valence-electron chi connectivity index (χ4n) is 2.77. The smallest absolute Gasteiger partial charge is 0.259 e. The first-order chi connectivity index (χ1) is 10.6. The average Bonchev–Trinajstić information content (AvgIpc) is 2.88. The lowest BCUT2D eigenvalue weighted by Crippen LogP contribution is -2.15. The van der Waals surface area contributed by atoms with E-state index in [1.54, 1.807) is 0 Å². The molecule has 0 saturated carbocycles. The van der Waals surface area contributed by atoms with Gasteiger partial charge in [0.25, 0.3) is 5.56 Å². The Balaban J connectivity index is 2.32. The minimum absolute atomic E-state index is 0.126. The highest BCUT2D eigenvalue weighted by molar-refractivity contribution is 5.83. The molecule has 0 aliphatic carbocycles. The lowest BCUT2D eigenvalue weighted by Gasteiger charge is -2.06. The van der Waals surface area contributed by atoms with Crippen LogP contribution < -0.4 is 11.3 Å². The highest BCUT2D eigenvalue weighted by Crippen LogP contribution is 2.25. The Morgan fingerprint density at radius 1 is 1.32 bits per heavy atom. The molecule has 1 aromatic carbocycles. The SMILES string of the molecule is CCCC(N)c1nn(-c2ccccc2)c2cc(C)[nH]c(=O)c12. The Morgan fingerprint density at radius 3 is 2.73 bits per heavy atom. The van der Waals surface area contributed by atoms with Crippen molar-refractivity contribution in [1.29, 1.82) is 0 Å². The summed E-state index contributed by atoms with van der Waals surface area (Å²) in [7, 11) is 0. The maximum Gasteiger partial charge on any atom is 0.259 e. The molecule has 0 aliphatic heterocycles. The van der Waals surface area contributed by atoms with Crippen LogP contribution in [0.4, 0.5) is 0 Å². The monoisotopic (exact) mass is 296 g/mol. The predicted molar refractivity (Wildman–Crippen MR) is 88.3 cm³/mol. The quantitative estimate of drug-likeness (QED) is 0.777. The zero-order valence-corrected chi connectivity index (χ0v) is 12.8. The Morgan fingerprint density at radius 2 is 2.05 bits per heavy atom. The van der Waals surface area contributed by atoms with E-state index >= 15 is 0 Å². The van der Waals surface area contributed by atoms with Gasteiger partial charge in [0.05, 0.1) is 22.3 Å². The van der Waals surface area contributed by atoms with E-state index in [-0.39, 0.29) is 11.6 Å². The summed E-state index contributed by atoms with van der Waals surface area (Å²) in [5, 5.41) is 5.24. The third kappa shape index (κ3) is 2.44. The summed E-state index contributed by atoms with van der Waals surface area (Å²) >= 11 is 0. The highest BCUT2D eigenvalue weighted by atomic mass is 16.1. The lowest BCUT2D eigenvalue weighted by atomic mass is 10.1. The molecule has 0 bridgehead atoms. The number of nitrogens with zero attached hydrogens (tertiary/aromatic N) is 2. The molecule has 0 spiro atoms. The second-order valence-electron chi connectivity index (χ2n) is 5.57. The fraction of sp³-hybridized carbons (Fsp3) is 0.294. The van der Waals surface area contributed by atoms with Gasteiger partial charge < -0.3 is 10.7 Å². The number of hydrogen-bond donors (Lipinski definition) is 2. The van der Waals surface area contributed by atoms with Gasteiger partial charge >= 0.3 is 0 Å². The van der Waals surface area contributed by atoms with Crippen molar-refractivity contribution in [1.82, 2.24) is 14.8 Å². The summed E-state index contributed by atoms with van der Waals surface area (Å²) in [6, 6.07) is 11.5. The summed E-state index contributed by atoms with van der Waals surface area (Å²) in [6.45, 7) is 3.94. The Kier molecular flexibility index (Phi) is 3.81. The number of H-pyrrole nitrogens is 1. The zero-order chi connectivity index (χ0) is 15.7. The van der Waals surface area contributed by atoms with Crippen LogP contribution in [0.5, 0.6) is 0 Å². The predicted octanol–water partition coefficient (Wildman–Crippen LogP) is 2.82. The number of aromatic amines is 1. The summed E-state index contributed by atoms with van der Waals surface area (Å²) in [5.41, 5.74) is 9.32. The van der Waals surface area contributed by atoms with Gasteiger partial charge in [-0.05, 0) is 31.5 Å². The Hall–Kier alpha value is -2.40. The molecule has 0 amide bonds. The van der Waals surface area contributed by atoms with Gasteiger partial charge in [-0.15, -0.1) is 0 Å². The van der Waals surface area contributed by atoms with E-state index in [0.29, 0.717) is 11.1 Å². The molecule has 0 aliphatic rings. The first-order valence-electron chi connectivity index (χ1n) is 7.55. The molecule has 3 rings (SSSR count). The third-order valence-corrected chi connectivity index (χ3v) is 3.79. The van der Waals surface area contributed by atoms with Gasteiger partial charge in [-0.3, -0.25) is 4.79 Å². The van der Waals surface area contributed by atoms with Crippen LogP contribution >= 0.6 is 0 Å². The highest BCUT2D eigenvalue weighted by Gasteiger charge is 2.20. The molecule has 0 saturated heterocycles. The van der Waals surface area contributed by atoms with Crippen molar-refractivity contribution >= 4 is 10.9 Å². The molecule has 114 valence electrons. The summed E-state index contributed by atoms with van der Waals surface area (Å²) in [6.07, 6.45) is 1.75. The van der Waals surface area contributed by atoms with Crippen molar-refractivity contribution in [3.63, 3.8) is 0 Å². The molecule has 5 nitrogen and oxygen atoms in total. The number of aromatic nitrogens is 3. The van der Waals surface area contributed by atoms with Crippen molar-refractivity contribution in [2.24, 2.45) is 5.73 Å². The molecule has 2 heterocycles. The van der Waals surface area contributed by atoms with Gasteiger partial charge in [0.1, 0.15) is 0 Å². The van der Waals surface area contributed by atoms with Gasteiger partial charge in [0.15, 0.2) is 0 Å². The molecule has 0 radical (unpaired) electrons. The zero-order valence-electron chi connectivity index (χ0n) is 12.8. The van der Waals surface area contributed by atoms with Crippen LogP contribution in [-0.4, -0.2) is 14.8 Å². The van der Waals surface area contributed by atoms with E-state index in [9.17, 15) is 4.79 Å². The van der Waals surface area contributed by atoms with Gasteiger partial charge in [0, 0.05) is 11.7 Å². The van der Waals surface area contributed by atoms with E-state index in [0.717, 1.165) is 29.7 Å². The van der Waals surface area contributed by atoms with Crippen LogP contribution in [0.15, 0.2) is 41.2 Å². The molecule has 2 aromatic heterocycles. The third-order valence-electron chi connectivity index (χ3n) is 3.79. The topological polar surface area (TPSA) is 76.7 Å². The molecule has 3 N–H and O–H groups in total. The fourth-order valence-corrected chi connectivity index (χ4v) is 2.77. The maximum atomic E-state index is 12.4. The molecular formula is C17H20N4O. The van der Waals surface area contributed by atoms with E-state index in [2.05, 4.69) is 17.0 Å². The van der Waals surface area contributed by atoms with Crippen LogP contribution in [0.2, 0.25) is 0 Å². The van der Waals surface area contributed by atoms with E-state index in [4.69, 9.17) is 5.73 Å². The van der Waals surface area contributed by atoms with Gasteiger partial charge in [-0.1, -0.05) is 31.5 Å². The van der Waals surface area contributed by atoms with Crippen molar-refractivity contribution in [3.8, 4) is 5.69 Å². The number of fused-ring (bicyclic) bond motifs is 1. The van der Waals surface area contributed by atoms with Gasteiger partial charge in [-0.2, -0.15) is 5.10 Å². The minimum Gasteiger partial charge on any atom is -0.326 e. The molecule has 1 atom stereocenters. The molecule has 5 heteroatoms. The van der Waals surface area contributed by atoms with Gasteiger partial charge in [-0.25, -0.2) is 4.68 Å². The standard InChI is InChI=1S/C17H20N4O/c1-3-7-13(18)16-15-14(10-11(2)19-17(15)22)21(20-16)12-8-5-4-6-9-12/h4-6,8-10,13H,3,7,18H2,1-2H3,(H,19,22). The number of benzene rings is 1. The lowest BCUT2D eigenvalue weighted by molar-refractivity contribution is 0.616. The Labute approximate surface area is 128 Å². The maximum absolute atomic E-state index is 12.4. The first-order valence-corrected chi connectivity index (χ1v) is 7.55. The number of nitrogens with two attached hydrogens (primary N) is 1. The molecular weight excluding hydrogens is 276 g/mol. The Bertz CT molecular complexity index is 848. The largest absolute Gasteiger partial charge is 0.326 e. The second-order valence-corrected chi connectivity index (χ2v) is 5.57. The number of aryl methyl sites for hydroxylation is 1. The molecule has 1 unspecified atom stereocenters. The average molecular weight is 296 g/mol. The van der Waals surface area contributed by atoms with Crippen molar-refractivity contribution < 1.29 is 0 Å². The van der Waals surface area contributed by atoms with E-state index < -0.39 is 0 Å². The van der Waals surface area contributed by atoms with Crippen molar-refractivity contribution in [2.75, 3.05) is 0 Å².